The van der Waals surface area contributed by atoms with Gasteiger partial charge in [-0.05, 0) is 25.0 Å². The van der Waals surface area contributed by atoms with E-state index in [-0.39, 0.29) is 10.6 Å². The van der Waals surface area contributed by atoms with Crippen LogP contribution in [0.15, 0.2) is 18.2 Å². The number of benzene rings is 1. The van der Waals surface area contributed by atoms with Crippen LogP contribution in [0.2, 0.25) is 5.02 Å². The minimum Gasteiger partial charge on any atom is -0.342 e. The van der Waals surface area contributed by atoms with Gasteiger partial charge in [0, 0.05) is 23.7 Å². The van der Waals surface area contributed by atoms with Gasteiger partial charge in [0.25, 0.3) is 0 Å². The van der Waals surface area contributed by atoms with Gasteiger partial charge < -0.3 is 4.90 Å². The van der Waals surface area contributed by atoms with Crippen molar-refractivity contribution in [1.29, 1.82) is 0 Å². The zero-order valence-corrected chi connectivity index (χ0v) is 12.4. The van der Waals surface area contributed by atoms with Crippen LogP contribution in [0.4, 0.5) is 4.39 Å². The van der Waals surface area contributed by atoms with Gasteiger partial charge in [-0.2, -0.15) is 0 Å². The molecule has 0 bridgehead atoms. The summed E-state index contributed by atoms with van der Waals surface area (Å²) in [6.07, 6.45) is 1.79. The summed E-state index contributed by atoms with van der Waals surface area (Å²) in [5.41, 5.74) is -0.0802. The Morgan fingerprint density at radius 1 is 1.30 bits per heavy atom. The van der Waals surface area contributed by atoms with Gasteiger partial charge in [0.15, 0.2) is 9.84 Å². The normalized spacial score (nSPS) is 15.6. The third kappa shape index (κ3) is 3.70. The number of hydrogen-bond donors (Lipinski definition) is 0. The molecule has 0 N–H and O–H groups in total. The fourth-order valence-corrected chi connectivity index (χ4v) is 3.89. The number of hydrogen-bond acceptors (Lipinski definition) is 3. The number of carbonyl (C=O) groups is 1. The van der Waals surface area contributed by atoms with Gasteiger partial charge in [-0.25, -0.2) is 12.8 Å². The molecule has 7 heteroatoms. The zero-order chi connectivity index (χ0) is 14.8. The molecule has 0 aromatic heterocycles. The van der Waals surface area contributed by atoms with Crippen LogP contribution in [0.3, 0.4) is 0 Å². The summed E-state index contributed by atoms with van der Waals surface area (Å²) < 4.78 is 37.6. The molecule has 1 aliphatic heterocycles. The predicted molar refractivity (Wildman–Crippen MR) is 74.7 cm³/mol. The Morgan fingerprint density at radius 3 is 2.55 bits per heavy atom. The van der Waals surface area contributed by atoms with E-state index in [0.717, 1.165) is 18.9 Å². The largest absolute Gasteiger partial charge is 0.342 e. The van der Waals surface area contributed by atoms with E-state index in [9.17, 15) is 17.6 Å². The molecule has 1 saturated heterocycles. The quantitative estimate of drug-likeness (QED) is 0.853. The van der Waals surface area contributed by atoms with E-state index >= 15 is 0 Å². The number of nitrogens with zero attached hydrogens (tertiary/aromatic N) is 1. The first-order valence-corrected chi connectivity index (χ1v) is 8.50. The highest BCUT2D eigenvalue weighted by Crippen LogP contribution is 2.22. The molecule has 0 unspecified atom stereocenters. The molecule has 4 nitrogen and oxygen atoms in total. The number of amides is 1. The summed E-state index contributed by atoms with van der Waals surface area (Å²) in [6, 6.07) is 3.99. The molecule has 1 amide bonds. The van der Waals surface area contributed by atoms with E-state index in [0.29, 0.717) is 13.1 Å². The summed E-state index contributed by atoms with van der Waals surface area (Å²) in [7, 11) is -3.73. The van der Waals surface area contributed by atoms with Crippen LogP contribution in [0.5, 0.6) is 0 Å². The van der Waals surface area contributed by atoms with Gasteiger partial charge in [-0.3, -0.25) is 4.79 Å². The van der Waals surface area contributed by atoms with Gasteiger partial charge >= 0.3 is 0 Å². The highest BCUT2D eigenvalue weighted by molar-refractivity contribution is 7.91. The van der Waals surface area contributed by atoms with Crippen molar-refractivity contribution >= 4 is 27.3 Å². The van der Waals surface area contributed by atoms with Crippen molar-refractivity contribution in [2.45, 2.75) is 18.6 Å². The van der Waals surface area contributed by atoms with Crippen molar-refractivity contribution in [1.82, 2.24) is 4.90 Å². The summed E-state index contributed by atoms with van der Waals surface area (Å²) in [4.78, 5) is 13.4. The molecule has 1 aromatic carbocycles. The second kappa shape index (κ2) is 6.10. The van der Waals surface area contributed by atoms with Crippen molar-refractivity contribution in [3.8, 4) is 0 Å². The third-order valence-corrected chi connectivity index (χ3v) is 5.00. The molecule has 110 valence electrons. The standard InChI is InChI=1S/C13H15ClFNO3S/c14-11-4-3-5-12(15)10(11)8-20(18,19)9-13(17)16-6-1-2-7-16/h3-5H,1-2,6-9H2. The molecule has 1 heterocycles. The summed E-state index contributed by atoms with van der Waals surface area (Å²) in [5.74, 6) is -2.25. The smallest absolute Gasteiger partial charge is 0.237 e. The van der Waals surface area contributed by atoms with Crippen LogP contribution in [0.1, 0.15) is 18.4 Å². The van der Waals surface area contributed by atoms with Crippen LogP contribution in [-0.4, -0.2) is 38.1 Å². The molecule has 0 radical (unpaired) electrons. The van der Waals surface area contributed by atoms with Crippen molar-refractivity contribution < 1.29 is 17.6 Å². The summed E-state index contributed by atoms with van der Waals surface area (Å²) in [6.45, 7) is 1.18. The fraction of sp³-hybridized carbons (Fsp3) is 0.462. The molecular weight excluding hydrogens is 305 g/mol. The Morgan fingerprint density at radius 2 is 1.95 bits per heavy atom. The van der Waals surface area contributed by atoms with Crippen LogP contribution in [-0.2, 0) is 20.4 Å². The second-order valence-corrected chi connectivity index (χ2v) is 7.29. The topological polar surface area (TPSA) is 54.5 Å². The Balaban J connectivity index is 2.09. The monoisotopic (exact) mass is 319 g/mol. The maximum Gasteiger partial charge on any atom is 0.237 e. The van der Waals surface area contributed by atoms with E-state index < -0.39 is 33.1 Å². The third-order valence-electron chi connectivity index (χ3n) is 3.23. The van der Waals surface area contributed by atoms with Crippen LogP contribution in [0, 0.1) is 5.82 Å². The molecule has 0 atom stereocenters. The lowest BCUT2D eigenvalue weighted by Gasteiger charge is -2.15. The van der Waals surface area contributed by atoms with E-state index in [1.807, 2.05) is 0 Å². The van der Waals surface area contributed by atoms with E-state index in [1.165, 1.54) is 17.0 Å². The first-order valence-electron chi connectivity index (χ1n) is 6.30. The second-order valence-electron chi connectivity index (χ2n) is 4.82. The first kappa shape index (κ1) is 15.3. The minimum absolute atomic E-state index is 0.0576. The molecule has 2 rings (SSSR count). The molecule has 1 aliphatic rings. The zero-order valence-electron chi connectivity index (χ0n) is 10.8. The lowest BCUT2D eigenvalue weighted by atomic mass is 10.2. The van der Waals surface area contributed by atoms with Gasteiger partial charge in [0.05, 0.1) is 5.75 Å². The molecule has 0 aliphatic carbocycles. The SMILES string of the molecule is O=C(CS(=O)(=O)Cc1c(F)cccc1Cl)N1CCCC1. The Hall–Kier alpha value is -1.14. The Bertz CT molecular complexity index is 592. The van der Waals surface area contributed by atoms with Crippen LogP contribution < -0.4 is 0 Å². The van der Waals surface area contributed by atoms with E-state index in [4.69, 9.17) is 11.6 Å². The lowest BCUT2D eigenvalue weighted by molar-refractivity contribution is -0.127. The molecule has 1 aromatic rings. The van der Waals surface area contributed by atoms with Gasteiger partial charge in [-0.1, -0.05) is 17.7 Å². The maximum atomic E-state index is 13.6. The van der Waals surface area contributed by atoms with Crippen molar-refractivity contribution in [3.63, 3.8) is 0 Å². The van der Waals surface area contributed by atoms with Crippen molar-refractivity contribution in [3.05, 3.63) is 34.6 Å². The van der Waals surface area contributed by atoms with Crippen LogP contribution >= 0.6 is 11.6 Å². The summed E-state index contributed by atoms with van der Waals surface area (Å²) >= 11 is 5.80. The number of carbonyl (C=O) groups excluding carboxylic acids is 1. The Kier molecular flexibility index (Phi) is 4.65. The van der Waals surface area contributed by atoms with Gasteiger partial charge in [-0.15, -0.1) is 0 Å². The van der Waals surface area contributed by atoms with E-state index in [2.05, 4.69) is 0 Å². The molecule has 20 heavy (non-hydrogen) atoms. The average Bonchev–Trinajstić information content (AvgIpc) is 2.87. The highest BCUT2D eigenvalue weighted by Gasteiger charge is 2.25. The summed E-state index contributed by atoms with van der Waals surface area (Å²) in [5, 5.41) is 0.0576. The van der Waals surface area contributed by atoms with Crippen molar-refractivity contribution in [2.24, 2.45) is 0 Å². The van der Waals surface area contributed by atoms with E-state index in [1.54, 1.807) is 0 Å². The number of rotatable bonds is 4. The number of likely N-dealkylation sites (tertiary alicyclic amines) is 1. The number of halogens is 2. The average molecular weight is 320 g/mol. The van der Waals surface area contributed by atoms with Gasteiger partial charge in [0.1, 0.15) is 11.6 Å². The molecule has 0 saturated carbocycles. The Labute approximate surface area is 122 Å². The van der Waals surface area contributed by atoms with Crippen LogP contribution in [0.25, 0.3) is 0 Å². The number of sulfone groups is 1. The maximum absolute atomic E-state index is 13.6. The fourth-order valence-electron chi connectivity index (χ4n) is 2.19. The highest BCUT2D eigenvalue weighted by atomic mass is 35.5. The molecule has 0 spiro atoms. The molecular formula is C13H15ClFNO3S. The minimum atomic E-state index is -3.73. The van der Waals surface area contributed by atoms with Crippen molar-refractivity contribution in [2.75, 3.05) is 18.8 Å². The predicted octanol–water partition coefficient (Wildman–Crippen LogP) is 2.02. The lowest BCUT2D eigenvalue weighted by Crippen LogP contribution is -2.33. The first-order chi connectivity index (χ1) is 9.39. The van der Waals surface area contributed by atoms with Gasteiger partial charge in [0.2, 0.25) is 5.91 Å². The molecule has 1 fully saturated rings.